The average molecular weight is 306 g/mol. The van der Waals surface area contributed by atoms with E-state index in [0.717, 1.165) is 5.75 Å². The molecule has 18 heavy (non-hydrogen) atoms. The lowest BCUT2D eigenvalue weighted by atomic mass is 9.94. The van der Waals surface area contributed by atoms with Gasteiger partial charge in [-0.2, -0.15) is 0 Å². The Morgan fingerprint density at radius 2 is 1.83 bits per heavy atom. The van der Waals surface area contributed by atoms with Gasteiger partial charge in [-0.1, -0.05) is 35.0 Å². The van der Waals surface area contributed by atoms with Gasteiger partial charge in [-0.05, 0) is 41.3 Å². The van der Waals surface area contributed by atoms with Crippen LogP contribution < -0.4 is 4.74 Å². The fourth-order valence-electron chi connectivity index (χ4n) is 1.94. The first-order chi connectivity index (χ1) is 8.72. The van der Waals surface area contributed by atoms with Gasteiger partial charge in [0.15, 0.2) is 0 Å². The number of rotatable bonds is 4. The van der Waals surface area contributed by atoms with Gasteiger partial charge in [-0.3, -0.25) is 4.98 Å². The van der Waals surface area contributed by atoms with Crippen molar-refractivity contribution < 1.29 is 4.74 Å². The molecule has 0 fully saturated rings. The van der Waals surface area contributed by atoms with Crippen LogP contribution >= 0.6 is 15.9 Å². The van der Waals surface area contributed by atoms with E-state index >= 15 is 0 Å². The van der Waals surface area contributed by atoms with Crippen molar-refractivity contribution >= 4 is 15.9 Å². The molecule has 0 aliphatic heterocycles. The normalized spacial score (nSPS) is 13.9. The molecule has 2 rings (SSSR count). The topological polar surface area (TPSA) is 22.1 Å². The van der Waals surface area contributed by atoms with E-state index in [0.29, 0.717) is 5.92 Å². The zero-order chi connectivity index (χ0) is 13.0. The zero-order valence-corrected chi connectivity index (χ0v) is 12.1. The predicted octanol–water partition coefficient (Wildman–Crippen LogP) is 4.33. The standard InChI is InChI=1S/C15H16BrNO/c1-11(12-6-8-17-9-7-12)15(16)13-4-3-5-14(10-13)18-2/h3-11,15H,1-2H3. The van der Waals surface area contributed by atoms with Crippen molar-refractivity contribution in [1.82, 2.24) is 4.98 Å². The van der Waals surface area contributed by atoms with E-state index in [1.54, 1.807) is 7.11 Å². The number of pyridine rings is 1. The molecule has 94 valence electrons. The average Bonchev–Trinajstić information content (AvgIpc) is 2.46. The molecule has 0 aliphatic rings. The SMILES string of the molecule is COc1cccc(C(Br)C(C)c2ccncc2)c1. The summed E-state index contributed by atoms with van der Waals surface area (Å²) in [6.07, 6.45) is 3.66. The maximum Gasteiger partial charge on any atom is 0.119 e. The summed E-state index contributed by atoms with van der Waals surface area (Å²) in [4.78, 5) is 4.31. The Labute approximate surface area is 116 Å². The van der Waals surface area contributed by atoms with Gasteiger partial charge in [-0.25, -0.2) is 0 Å². The number of hydrogen-bond donors (Lipinski definition) is 0. The third-order valence-electron chi connectivity index (χ3n) is 3.08. The number of methoxy groups -OCH3 is 1. The van der Waals surface area contributed by atoms with Crippen molar-refractivity contribution in [3.63, 3.8) is 0 Å². The number of nitrogens with zero attached hydrogens (tertiary/aromatic N) is 1. The summed E-state index contributed by atoms with van der Waals surface area (Å²) in [5, 5.41) is 0. The molecule has 2 atom stereocenters. The molecule has 3 heteroatoms. The molecule has 0 saturated carbocycles. The van der Waals surface area contributed by atoms with Gasteiger partial charge in [-0.15, -0.1) is 0 Å². The number of benzene rings is 1. The van der Waals surface area contributed by atoms with E-state index in [2.05, 4.69) is 52.1 Å². The third kappa shape index (κ3) is 2.91. The highest BCUT2D eigenvalue weighted by Gasteiger charge is 2.18. The van der Waals surface area contributed by atoms with E-state index in [1.807, 2.05) is 24.5 Å². The Bertz CT molecular complexity index is 501. The Kier molecular flexibility index (Phi) is 4.37. The van der Waals surface area contributed by atoms with Crippen LogP contribution in [0.2, 0.25) is 0 Å². The van der Waals surface area contributed by atoms with Gasteiger partial charge in [0.05, 0.1) is 7.11 Å². The van der Waals surface area contributed by atoms with E-state index < -0.39 is 0 Å². The molecule has 0 saturated heterocycles. The number of alkyl halides is 1. The highest BCUT2D eigenvalue weighted by atomic mass is 79.9. The van der Waals surface area contributed by atoms with E-state index in [1.165, 1.54) is 11.1 Å². The largest absolute Gasteiger partial charge is 0.497 e. The molecule has 0 N–H and O–H groups in total. The fourth-order valence-corrected chi connectivity index (χ4v) is 2.53. The number of ether oxygens (including phenoxy) is 1. The van der Waals surface area contributed by atoms with Gasteiger partial charge < -0.3 is 4.74 Å². The van der Waals surface area contributed by atoms with Crippen LogP contribution in [0.1, 0.15) is 28.8 Å². The van der Waals surface area contributed by atoms with Crippen LogP contribution in [0.15, 0.2) is 48.8 Å². The number of halogens is 1. The summed E-state index contributed by atoms with van der Waals surface area (Å²) in [7, 11) is 1.69. The summed E-state index contributed by atoms with van der Waals surface area (Å²) >= 11 is 3.78. The van der Waals surface area contributed by atoms with Crippen LogP contribution in [0.4, 0.5) is 0 Å². The molecular formula is C15H16BrNO. The molecule has 1 heterocycles. The van der Waals surface area contributed by atoms with E-state index in [4.69, 9.17) is 4.74 Å². The molecule has 1 aromatic carbocycles. The van der Waals surface area contributed by atoms with Crippen molar-refractivity contribution in [1.29, 1.82) is 0 Å². The Balaban J connectivity index is 2.22. The molecule has 2 nitrogen and oxygen atoms in total. The van der Waals surface area contributed by atoms with Gasteiger partial charge in [0, 0.05) is 17.2 Å². The summed E-state index contributed by atoms with van der Waals surface area (Å²) < 4.78 is 5.26. The van der Waals surface area contributed by atoms with E-state index in [9.17, 15) is 0 Å². The van der Waals surface area contributed by atoms with Gasteiger partial charge in [0.2, 0.25) is 0 Å². The Morgan fingerprint density at radius 3 is 2.50 bits per heavy atom. The molecular weight excluding hydrogens is 290 g/mol. The van der Waals surface area contributed by atoms with Crippen LogP contribution in [0.3, 0.4) is 0 Å². The van der Waals surface area contributed by atoms with Gasteiger partial charge >= 0.3 is 0 Å². The maximum absolute atomic E-state index is 5.26. The predicted molar refractivity (Wildman–Crippen MR) is 77.3 cm³/mol. The van der Waals surface area contributed by atoms with Crippen LogP contribution in [0.25, 0.3) is 0 Å². The molecule has 0 radical (unpaired) electrons. The highest BCUT2D eigenvalue weighted by molar-refractivity contribution is 9.09. The lowest BCUT2D eigenvalue weighted by Gasteiger charge is -2.19. The van der Waals surface area contributed by atoms with Crippen molar-refractivity contribution in [3.05, 3.63) is 59.9 Å². The molecule has 1 aromatic heterocycles. The highest BCUT2D eigenvalue weighted by Crippen LogP contribution is 2.38. The molecule has 0 spiro atoms. The second kappa shape index (κ2) is 6.01. The molecule has 2 aromatic rings. The van der Waals surface area contributed by atoms with Crippen LogP contribution in [-0.2, 0) is 0 Å². The van der Waals surface area contributed by atoms with E-state index in [-0.39, 0.29) is 4.83 Å². The van der Waals surface area contributed by atoms with Crippen molar-refractivity contribution in [2.75, 3.05) is 7.11 Å². The minimum absolute atomic E-state index is 0.259. The van der Waals surface area contributed by atoms with Crippen molar-refractivity contribution in [2.45, 2.75) is 17.7 Å². The quantitative estimate of drug-likeness (QED) is 0.784. The zero-order valence-electron chi connectivity index (χ0n) is 10.5. The van der Waals surface area contributed by atoms with Crippen molar-refractivity contribution in [3.8, 4) is 5.75 Å². The summed E-state index contributed by atoms with van der Waals surface area (Å²) in [6.45, 7) is 2.20. The summed E-state index contributed by atoms with van der Waals surface area (Å²) in [6, 6.07) is 12.3. The lowest BCUT2D eigenvalue weighted by molar-refractivity contribution is 0.414. The van der Waals surface area contributed by atoms with Crippen LogP contribution in [0, 0.1) is 0 Å². The minimum Gasteiger partial charge on any atom is -0.497 e. The molecule has 2 unspecified atom stereocenters. The molecule has 0 amide bonds. The Hall–Kier alpha value is -1.35. The fraction of sp³-hybridized carbons (Fsp3) is 0.267. The maximum atomic E-state index is 5.26. The smallest absolute Gasteiger partial charge is 0.119 e. The minimum atomic E-state index is 0.259. The van der Waals surface area contributed by atoms with Crippen LogP contribution in [0.5, 0.6) is 5.75 Å². The Morgan fingerprint density at radius 1 is 1.11 bits per heavy atom. The molecule has 0 bridgehead atoms. The number of hydrogen-bond acceptors (Lipinski definition) is 2. The van der Waals surface area contributed by atoms with Gasteiger partial charge in [0.25, 0.3) is 0 Å². The first-order valence-corrected chi connectivity index (χ1v) is 6.82. The summed E-state index contributed by atoms with van der Waals surface area (Å²) in [5.74, 6) is 1.26. The third-order valence-corrected chi connectivity index (χ3v) is 4.40. The second-order valence-electron chi connectivity index (χ2n) is 4.25. The van der Waals surface area contributed by atoms with Crippen molar-refractivity contribution in [2.24, 2.45) is 0 Å². The second-order valence-corrected chi connectivity index (χ2v) is 5.23. The molecule has 0 aliphatic carbocycles. The van der Waals surface area contributed by atoms with Crippen LogP contribution in [-0.4, -0.2) is 12.1 Å². The monoisotopic (exact) mass is 305 g/mol. The lowest BCUT2D eigenvalue weighted by Crippen LogP contribution is -2.02. The first kappa shape index (κ1) is 13.1. The summed E-state index contributed by atoms with van der Waals surface area (Å²) in [5.41, 5.74) is 2.49. The number of aromatic nitrogens is 1. The van der Waals surface area contributed by atoms with Gasteiger partial charge in [0.1, 0.15) is 5.75 Å². The first-order valence-electron chi connectivity index (χ1n) is 5.90.